The number of carbonyl (C=O) groups excluding carboxylic acids is 1. The monoisotopic (exact) mass is 264 g/mol. The molecule has 19 heavy (non-hydrogen) atoms. The Morgan fingerprint density at radius 1 is 1.47 bits per heavy atom. The maximum Gasteiger partial charge on any atom is 0.239 e. The number of aromatic hydroxyl groups is 1. The van der Waals surface area contributed by atoms with E-state index in [2.05, 4.69) is 5.32 Å². The number of phenolic OH excluding ortho intramolecular Hbond substituents is 1. The molecule has 2 unspecified atom stereocenters. The second-order valence-electron chi connectivity index (χ2n) is 4.91. The van der Waals surface area contributed by atoms with Crippen molar-refractivity contribution in [2.75, 3.05) is 20.7 Å². The molecular weight excluding hydrogens is 244 g/mol. The minimum Gasteiger partial charge on any atom is -0.508 e. The number of amides is 1. The van der Waals surface area contributed by atoms with Crippen LogP contribution in [0, 0.1) is 0 Å². The number of nitrogens with zero attached hydrogens (tertiary/aromatic N) is 1. The molecule has 1 aliphatic rings. The smallest absolute Gasteiger partial charge is 0.239 e. The molecule has 1 amide bonds. The SMILES string of the molecule is COC1CNC(C(=O)N(C)Cc2ccc(O)cc2)C1. The van der Waals surface area contributed by atoms with Crippen LogP contribution in [-0.4, -0.2) is 48.8 Å². The Morgan fingerprint density at radius 3 is 2.74 bits per heavy atom. The van der Waals surface area contributed by atoms with E-state index < -0.39 is 0 Å². The van der Waals surface area contributed by atoms with Gasteiger partial charge in [0.1, 0.15) is 5.75 Å². The highest BCUT2D eigenvalue weighted by atomic mass is 16.5. The fraction of sp³-hybridized carbons (Fsp3) is 0.500. The number of nitrogens with one attached hydrogen (secondary N) is 1. The van der Waals surface area contributed by atoms with Gasteiger partial charge in [-0.2, -0.15) is 0 Å². The number of likely N-dealkylation sites (N-methyl/N-ethyl adjacent to an activating group) is 1. The number of rotatable bonds is 4. The van der Waals surface area contributed by atoms with E-state index in [1.54, 1.807) is 31.2 Å². The van der Waals surface area contributed by atoms with Crippen molar-refractivity contribution in [2.24, 2.45) is 0 Å². The molecule has 2 N–H and O–H groups in total. The first kappa shape index (κ1) is 13.8. The third-order valence-corrected chi connectivity index (χ3v) is 3.45. The van der Waals surface area contributed by atoms with Crippen LogP contribution >= 0.6 is 0 Å². The minimum atomic E-state index is -0.160. The first-order valence-corrected chi connectivity index (χ1v) is 6.39. The summed E-state index contributed by atoms with van der Waals surface area (Å²) in [6, 6.07) is 6.73. The van der Waals surface area contributed by atoms with Crippen molar-refractivity contribution in [3.05, 3.63) is 29.8 Å². The van der Waals surface area contributed by atoms with Crippen molar-refractivity contribution in [3.8, 4) is 5.75 Å². The Hall–Kier alpha value is -1.59. The summed E-state index contributed by atoms with van der Waals surface area (Å²) in [5.41, 5.74) is 0.995. The summed E-state index contributed by atoms with van der Waals surface area (Å²) in [5, 5.41) is 12.4. The molecular formula is C14H20N2O3. The van der Waals surface area contributed by atoms with E-state index in [1.807, 2.05) is 12.1 Å². The van der Waals surface area contributed by atoms with Crippen LogP contribution in [0.4, 0.5) is 0 Å². The Balaban J connectivity index is 1.91. The van der Waals surface area contributed by atoms with Crippen LogP contribution in [0.1, 0.15) is 12.0 Å². The average molecular weight is 264 g/mol. The molecule has 1 fully saturated rings. The van der Waals surface area contributed by atoms with Gasteiger partial charge in [-0.1, -0.05) is 12.1 Å². The van der Waals surface area contributed by atoms with Crippen LogP contribution < -0.4 is 5.32 Å². The molecule has 1 aromatic rings. The minimum absolute atomic E-state index is 0.0765. The predicted octanol–water partition coefficient (Wildman–Crippen LogP) is 0.727. The van der Waals surface area contributed by atoms with Gasteiger partial charge in [0.2, 0.25) is 5.91 Å². The van der Waals surface area contributed by atoms with E-state index in [0.29, 0.717) is 6.54 Å². The summed E-state index contributed by atoms with van der Waals surface area (Å²) in [6.07, 6.45) is 0.839. The maximum atomic E-state index is 12.2. The van der Waals surface area contributed by atoms with Crippen LogP contribution in [0.3, 0.4) is 0 Å². The lowest BCUT2D eigenvalue weighted by Crippen LogP contribution is -2.41. The van der Waals surface area contributed by atoms with Crippen molar-refractivity contribution in [3.63, 3.8) is 0 Å². The van der Waals surface area contributed by atoms with Crippen molar-refractivity contribution < 1.29 is 14.6 Å². The van der Waals surface area contributed by atoms with Crippen molar-refractivity contribution in [1.29, 1.82) is 0 Å². The summed E-state index contributed by atoms with van der Waals surface area (Å²) < 4.78 is 5.24. The number of methoxy groups -OCH3 is 1. The number of carbonyl (C=O) groups is 1. The molecule has 0 spiro atoms. The molecule has 0 radical (unpaired) electrons. The standard InChI is InChI=1S/C14H20N2O3/c1-16(9-10-3-5-11(17)6-4-10)14(18)13-7-12(19-2)8-15-13/h3-6,12-13,15,17H,7-9H2,1-2H3. The summed E-state index contributed by atoms with van der Waals surface area (Å²) in [7, 11) is 3.45. The lowest BCUT2D eigenvalue weighted by Gasteiger charge is -2.21. The van der Waals surface area contributed by atoms with Gasteiger partial charge < -0.3 is 20.1 Å². The predicted molar refractivity (Wildman–Crippen MR) is 71.8 cm³/mol. The van der Waals surface area contributed by atoms with Gasteiger partial charge in [-0.25, -0.2) is 0 Å². The molecule has 0 saturated carbocycles. The summed E-state index contributed by atoms with van der Waals surface area (Å²) in [6.45, 7) is 1.26. The molecule has 104 valence electrons. The van der Waals surface area contributed by atoms with Crippen molar-refractivity contribution in [1.82, 2.24) is 10.2 Å². The Morgan fingerprint density at radius 2 is 2.16 bits per heavy atom. The van der Waals surface area contributed by atoms with Crippen LogP contribution in [0.2, 0.25) is 0 Å². The van der Waals surface area contributed by atoms with Gasteiger partial charge in [-0.15, -0.1) is 0 Å². The molecule has 2 rings (SSSR count). The Bertz CT molecular complexity index is 433. The summed E-state index contributed by atoms with van der Waals surface area (Å²) in [4.78, 5) is 13.9. The quantitative estimate of drug-likeness (QED) is 0.841. The van der Waals surface area contributed by atoms with E-state index in [9.17, 15) is 9.90 Å². The topological polar surface area (TPSA) is 61.8 Å². The zero-order valence-corrected chi connectivity index (χ0v) is 11.3. The molecule has 1 saturated heterocycles. The van der Waals surface area contributed by atoms with Gasteiger partial charge in [-0.3, -0.25) is 4.79 Å². The molecule has 5 heteroatoms. The molecule has 5 nitrogen and oxygen atoms in total. The normalized spacial score (nSPS) is 22.4. The highest BCUT2D eigenvalue weighted by Gasteiger charge is 2.31. The van der Waals surface area contributed by atoms with E-state index in [0.717, 1.165) is 18.5 Å². The van der Waals surface area contributed by atoms with E-state index in [-0.39, 0.29) is 23.8 Å². The van der Waals surface area contributed by atoms with Gasteiger partial charge in [0.25, 0.3) is 0 Å². The largest absolute Gasteiger partial charge is 0.508 e. The third-order valence-electron chi connectivity index (χ3n) is 3.45. The number of hydrogen-bond acceptors (Lipinski definition) is 4. The van der Waals surface area contributed by atoms with Gasteiger partial charge in [0.05, 0.1) is 12.1 Å². The average Bonchev–Trinajstić information content (AvgIpc) is 2.89. The molecule has 0 bridgehead atoms. The third kappa shape index (κ3) is 3.45. The fourth-order valence-corrected chi connectivity index (χ4v) is 2.29. The van der Waals surface area contributed by atoms with Crippen LogP contribution in [0.25, 0.3) is 0 Å². The van der Waals surface area contributed by atoms with Gasteiger partial charge in [-0.05, 0) is 24.1 Å². The molecule has 1 aromatic carbocycles. The number of hydrogen-bond donors (Lipinski definition) is 2. The van der Waals surface area contributed by atoms with E-state index in [4.69, 9.17) is 4.74 Å². The van der Waals surface area contributed by atoms with Crippen LogP contribution in [0.5, 0.6) is 5.75 Å². The van der Waals surface area contributed by atoms with Crippen LogP contribution in [0.15, 0.2) is 24.3 Å². The second kappa shape index (κ2) is 6.04. The fourth-order valence-electron chi connectivity index (χ4n) is 2.29. The molecule has 0 aliphatic carbocycles. The lowest BCUT2D eigenvalue weighted by atomic mass is 10.1. The number of phenols is 1. The highest BCUT2D eigenvalue weighted by Crippen LogP contribution is 2.14. The van der Waals surface area contributed by atoms with Gasteiger partial charge in [0, 0.05) is 27.2 Å². The molecule has 0 aromatic heterocycles. The van der Waals surface area contributed by atoms with Gasteiger partial charge in [0.15, 0.2) is 0 Å². The molecule has 1 aliphatic heterocycles. The van der Waals surface area contributed by atoms with Crippen LogP contribution in [-0.2, 0) is 16.1 Å². The number of ether oxygens (including phenoxy) is 1. The first-order chi connectivity index (χ1) is 9.10. The van der Waals surface area contributed by atoms with Gasteiger partial charge >= 0.3 is 0 Å². The molecule has 2 atom stereocenters. The second-order valence-corrected chi connectivity index (χ2v) is 4.91. The highest BCUT2D eigenvalue weighted by molar-refractivity contribution is 5.82. The zero-order chi connectivity index (χ0) is 13.8. The number of benzene rings is 1. The lowest BCUT2D eigenvalue weighted by molar-refractivity contribution is -0.132. The molecule has 1 heterocycles. The van der Waals surface area contributed by atoms with Crippen molar-refractivity contribution >= 4 is 5.91 Å². The van der Waals surface area contributed by atoms with E-state index >= 15 is 0 Å². The van der Waals surface area contributed by atoms with E-state index in [1.165, 1.54) is 0 Å². The first-order valence-electron chi connectivity index (χ1n) is 6.39. The van der Waals surface area contributed by atoms with Crippen molar-refractivity contribution in [2.45, 2.75) is 25.1 Å². The summed E-state index contributed by atoms with van der Waals surface area (Å²) >= 11 is 0. The Kier molecular flexibility index (Phi) is 4.39. The zero-order valence-electron chi connectivity index (χ0n) is 11.3. The maximum absolute atomic E-state index is 12.2. The Labute approximate surface area is 113 Å². The summed E-state index contributed by atoms with van der Waals surface area (Å²) in [5.74, 6) is 0.311.